The lowest BCUT2D eigenvalue weighted by molar-refractivity contribution is 0.0904. The minimum Gasteiger partial charge on any atom is -0.384 e. The standard InChI is InChI=1S/C12H16N6O/c13-11(14)9-8(18-7-1-3-19-4-2-7)5-15-12-10(9)16-6-17-12/h5-7,18H,1-4H2,(H3,13,14)(H,15,16,17). The number of H-pyrrole nitrogens is 1. The Morgan fingerprint density at radius 3 is 2.95 bits per heavy atom. The highest BCUT2D eigenvalue weighted by Crippen LogP contribution is 2.23. The van der Waals surface area contributed by atoms with E-state index < -0.39 is 0 Å². The Kier molecular flexibility index (Phi) is 3.04. The summed E-state index contributed by atoms with van der Waals surface area (Å²) in [4.78, 5) is 11.3. The highest BCUT2D eigenvalue weighted by Gasteiger charge is 2.18. The molecule has 1 aliphatic rings. The maximum atomic E-state index is 7.75. The maximum absolute atomic E-state index is 7.75. The van der Waals surface area contributed by atoms with Crippen molar-refractivity contribution in [2.75, 3.05) is 18.5 Å². The van der Waals surface area contributed by atoms with E-state index in [0.717, 1.165) is 31.7 Å². The van der Waals surface area contributed by atoms with E-state index in [1.807, 2.05) is 0 Å². The number of nitrogens with zero attached hydrogens (tertiary/aromatic N) is 2. The highest BCUT2D eigenvalue weighted by atomic mass is 16.5. The minimum absolute atomic E-state index is 0.00575. The van der Waals surface area contributed by atoms with Gasteiger partial charge in [0.25, 0.3) is 0 Å². The molecule has 0 unspecified atom stereocenters. The molecule has 7 heteroatoms. The molecule has 0 atom stereocenters. The van der Waals surface area contributed by atoms with E-state index in [2.05, 4.69) is 20.3 Å². The molecule has 0 aliphatic carbocycles. The van der Waals surface area contributed by atoms with E-state index in [4.69, 9.17) is 15.9 Å². The topological polar surface area (TPSA) is 113 Å². The lowest BCUT2D eigenvalue weighted by atomic mass is 10.1. The van der Waals surface area contributed by atoms with Crippen molar-refractivity contribution in [3.8, 4) is 0 Å². The molecule has 0 bridgehead atoms. The molecule has 5 N–H and O–H groups in total. The van der Waals surface area contributed by atoms with Gasteiger partial charge < -0.3 is 20.8 Å². The molecule has 1 saturated heterocycles. The predicted molar refractivity (Wildman–Crippen MR) is 72.4 cm³/mol. The third kappa shape index (κ3) is 2.24. The molecular formula is C12H16N6O. The zero-order valence-electron chi connectivity index (χ0n) is 10.4. The lowest BCUT2D eigenvalue weighted by Gasteiger charge is -2.25. The van der Waals surface area contributed by atoms with Crippen LogP contribution in [0.2, 0.25) is 0 Å². The van der Waals surface area contributed by atoms with Crippen molar-refractivity contribution in [2.24, 2.45) is 5.73 Å². The second kappa shape index (κ2) is 4.85. The Labute approximate surface area is 110 Å². The van der Waals surface area contributed by atoms with Crippen molar-refractivity contribution in [1.82, 2.24) is 15.0 Å². The van der Waals surface area contributed by atoms with Gasteiger partial charge in [0.1, 0.15) is 5.84 Å². The quantitative estimate of drug-likeness (QED) is 0.482. The summed E-state index contributed by atoms with van der Waals surface area (Å²) in [6, 6.07) is 0.328. The molecule has 0 radical (unpaired) electrons. The summed E-state index contributed by atoms with van der Waals surface area (Å²) in [5, 5.41) is 11.2. The summed E-state index contributed by atoms with van der Waals surface area (Å²) < 4.78 is 5.33. The first-order valence-electron chi connectivity index (χ1n) is 6.26. The number of hydrogen-bond acceptors (Lipinski definition) is 5. The Bertz CT molecular complexity index is 601. The summed E-state index contributed by atoms with van der Waals surface area (Å²) >= 11 is 0. The first kappa shape index (κ1) is 11.9. The van der Waals surface area contributed by atoms with Crippen molar-refractivity contribution in [2.45, 2.75) is 18.9 Å². The van der Waals surface area contributed by atoms with Crippen LogP contribution in [-0.4, -0.2) is 40.0 Å². The molecule has 0 spiro atoms. The third-order valence-electron chi connectivity index (χ3n) is 3.30. The van der Waals surface area contributed by atoms with Gasteiger partial charge in [-0.2, -0.15) is 0 Å². The van der Waals surface area contributed by atoms with E-state index >= 15 is 0 Å². The summed E-state index contributed by atoms with van der Waals surface area (Å²) in [5.74, 6) is 0.00575. The first-order valence-corrected chi connectivity index (χ1v) is 6.26. The zero-order chi connectivity index (χ0) is 13.2. The molecule has 2 aromatic heterocycles. The number of rotatable bonds is 3. The molecule has 3 heterocycles. The number of nitrogens with one attached hydrogen (secondary N) is 3. The number of aromatic nitrogens is 3. The molecule has 19 heavy (non-hydrogen) atoms. The van der Waals surface area contributed by atoms with Crippen LogP contribution in [-0.2, 0) is 4.74 Å². The molecule has 0 aromatic carbocycles. The summed E-state index contributed by atoms with van der Waals surface area (Å²) in [6.07, 6.45) is 5.13. The Morgan fingerprint density at radius 2 is 2.21 bits per heavy atom. The molecular weight excluding hydrogens is 244 g/mol. The number of fused-ring (bicyclic) bond motifs is 1. The second-order valence-corrected chi connectivity index (χ2v) is 4.59. The van der Waals surface area contributed by atoms with E-state index in [1.165, 1.54) is 0 Å². The summed E-state index contributed by atoms with van der Waals surface area (Å²) in [6.45, 7) is 1.51. The van der Waals surface area contributed by atoms with E-state index in [-0.39, 0.29) is 5.84 Å². The molecule has 7 nitrogen and oxygen atoms in total. The minimum atomic E-state index is 0.00575. The number of pyridine rings is 1. The van der Waals surface area contributed by atoms with Crippen LogP contribution in [0.25, 0.3) is 11.2 Å². The van der Waals surface area contributed by atoms with E-state index in [1.54, 1.807) is 12.5 Å². The monoisotopic (exact) mass is 260 g/mol. The summed E-state index contributed by atoms with van der Waals surface area (Å²) in [5.41, 5.74) is 8.37. The van der Waals surface area contributed by atoms with Gasteiger partial charge in [-0.3, -0.25) is 5.41 Å². The van der Waals surface area contributed by atoms with Gasteiger partial charge in [-0.25, -0.2) is 9.97 Å². The van der Waals surface area contributed by atoms with Crippen LogP contribution in [0.5, 0.6) is 0 Å². The maximum Gasteiger partial charge on any atom is 0.178 e. The normalized spacial score (nSPS) is 16.6. The fourth-order valence-electron chi connectivity index (χ4n) is 2.34. The number of nitrogens with two attached hydrogens (primary N) is 1. The predicted octanol–water partition coefficient (Wildman–Crippen LogP) is 0.833. The number of ether oxygens (including phenoxy) is 1. The number of amidine groups is 1. The zero-order valence-corrected chi connectivity index (χ0v) is 10.4. The van der Waals surface area contributed by atoms with Crippen LogP contribution in [0.1, 0.15) is 18.4 Å². The van der Waals surface area contributed by atoms with Crippen LogP contribution in [0.4, 0.5) is 5.69 Å². The fourth-order valence-corrected chi connectivity index (χ4v) is 2.34. The van der Waals surface area contributed by atoms with Gasteiger partial charge in [0.15, 0.2) is 5.65 Å². The van der Waals surface area contributed by atoms with Crippen molar-refractivity contribution < 1.29 is 4.74 Å². The van der Waals surface area contributed by atoms with Crippen molar-refractivity contribution >= 4 is 22.7 Å². The van der Waals surface area contributed by atoms with Crippen LogP contribution < -0.4 is 11.1 Å². The molecule has 1 aliphatic heterocycles. The number of imidazole rings is 1. The van der Waals surface area contributed by atoms with Gasteiger partial charge in [0, 0.05) is 19.3 Å². The van der Waals surface area contributed by atoms with Crippen LogP contribution in [0, 0.1) is 5.41 Å². The van der Waals surface area contributed by atoms with Crippen LogP contribution >= 0.6 is 0 Å². The van der Waals surface area contributed by atoms with Gasteiger partial charge in [-0.1, -0.05) is 0 Å². The highest BCUT2D eigenvalue weighted by molar-refractivity contribution is 6.09. The Morgan fingerprint density at radius 1 is 1.42 bits per heavy atom. The van der Waals surface area contributed by atoms with E-state index in [9.17, 15) is 0 Å². The number of hydrogen-bond donors (Lipinski definition) is 4. The van der Waals surface area contributed by atoms with Crippen LogP contribution in [0.3, 0.4) is 0 Å². The SMILES string of the molecule is N=C(N)c1c(NC2CCOCC2)cnc2nc[nH]c12. The molecule has 3 rings (SSSR count). The van der Waals surface area contributed by atoms with E-state index in [0.29, 0.717) is 22.8 Å². The van der Waals surface area contributed by atoms with Gasteiger partial charge in [-0.15, -0.1) is 0 Å². The second-order valence-electron chi connectivity index (χ2n) is 4.59. The fraction of sp³-hybridized carbons (Fsp3) is 0.417. The Balaban J connectivity index is 1.97. The van der Waals surface area contributed by atoms with Crippen molar-refractivity contribution in [3.05, 3.63) is 18.1 Å². The average Bonchev–Trinajstić information content (AvgIpc) is 2.87. The number of anilines is 1. The lowest BCUT2D eigenvalue weighted by Crippen LogP contribution is -2.29. The smallest absolute Gasteiger partial charge is 0.178 e. The Hall–Kier alpha value is -2.15. The number of nitrogen functional groups attached to an aromatic ring is 1. The third-order valence-corrected chi connectivity index (χ3v) is 3.30. The van der Waals surface area contributed by atoms with Gasteiger partial charge >= 0.3 is 0 Å². The van der Waals surface area contributed by atoms with Crippen molar-refractivity contribution in [1.29, 1.82) is 5.41 Å². The van der Waals surface area contributed by atoms with Gasteiger partial charge in [0.05, 0.1) is 29.3 Å². The number of aromatic amines is 1. The average molecular weight is 260 g/mol. The molecule has 0 saturated carbocycles. The molecule has 100 valence electrons. The summed E-state index contributed by atoms with van der Waals surface area (Å²) in [7, 11) is 0. The van der Waals surface area contributed by atoms with Gasteiger partial charge in [-0.05, 0) is 12.8 Å². The van der Waals surface area contributed by atoms with Crippen LogP contribution in [0.15, 0.2) is 12.5 Å². The molecule has 0 amide bonds. The largest absolute Gasteiger partial charge is 0.384 e. The van der Waals surface area contributed by atoms with Gasteiger partial charge in [0.2, 0.25) is 0 Å². The molecule has 2 aromatic rings. The first-order chi connectivity index (χ1) is 9.25. The molecule has 1 fully saturated rings. The van der Waals surface area contributed by atoms with Crippen molar-refractivity contribution in [3.63, 3.8) is 0 Å².